The van der Waals surface area contributed by atoms with Gasteiger partial charge in [0.2, 0.25) is 5.91 Å². The van der Waals surface area contributed by atoms with Crippen molar-refractivity contribution in [2.45, 2.75) is 46.1 Å². The molecule has 2 aromatic carbocycles. The molecule has 0 bridgehead atoms. The van der Waals surface area contributed by atoms with Crippen LogP contribution in [0.1, 0.15) is 45.7 Å². The van der Waals surface area contributed by atoms with Gasteiger partial charge in [-0.3, -0.25) is 9.59 Å². The fraction of sp³-hybridized carbons (Fsp3) is 0.333. The van der Waals surface area contributed by atoms with E-state index in [0.717, 1.165) is 11.9 Å². The predicted molar refractivity (Wildman–Crippen MR) is 136 cm³/mol. The van der Waals surface area contributed by atoms with E-state index in [1.807, 2.05) is 0 Å². The van der Waals surface area contributed by atoms with Gasteiger partial charge in [0.25, 0.3) is 11.8 Å². The summed E-state index contributed by atoms with van der Waals surface area (Å²) < 4.78 is 32.4. The summed E-state index contributed by atoms with van der Waals surface area (Å²) in [6, 6.07) is 12.0. The van der Waals surface area contributed by atoms with Crippen LogP contribution < -0.4 is 15.6 Å². The molecule has 0 saturated carbocycles. The van der Waals surface area contributed by atoms with E-state index in [-0.39, 0.29) is 23.5 Å². The molecule has 0 radical (unpaired) electrons. The lowest BCUT2D eigenvalue weighted by atomic mass is 10.0. The number of ether oxygens (including phenoxy) is 1. The third-order valence-corrected chi connectivity index (χ3v) is 5.07. The fourth-order valence-electron chi connectivity index (χ4n) is 3.43. The highest BCUT2D eigenvalue weighted by Gasteiger charge is 2.40. The van der Waals surface area contributed by atoms with Crippen LogP contribution >= 0.6 is 0 Å². The van der Waals surface area contributed by atoms with Gasteiger partial charge >= 0.3 is 6.09 Å². The lowest BCUT2D eigenvalue weighted by Gasteiger charge is -2.19. The molecule has 3 rings (SSSR count). The van der Waals surface area contributed by atoms with E-state index in [9.17, 15) is 23.2 Å². The minimum Gasteiger partial charge on any atom is -0.444 e. The molecule has 0 spiro atoms. The molecule has 0 fully saturated rings. The molecule has 2 aromatic rings. The minimum absolute atomic E-state index is 0.0620. The Labute approximate surface area is 214 Å². The molecule has 0 aliphatic carbocycles. The number of alkyl halides is 2. The van der Waals surface area contributed by atoms with Gasteiger partial charge in [0.1, 0.15) is 5.60 Å². The molecule has 0 aromatic heterocycles. The van der Waals surface area contributed by atoms with E-state index in [1.165, 1.54) is 24.3 Å². The van der Waals surface area contributed by atoms with Gasteiger partial charge in [-0.2, -0.15) is 10.1 Å². The maximum absolute atomic E-state index is 13.6. The Bertz CT molecular complexity index is 1300. The Hall–Kier alpha value is -4.26. The third kappa shape index (κ3) is 7.36. The normalized spacial score (nSPS) is 15.4. The first-order valence-electron chi connectivity index (χ1n) is 11.5. The van der Waals surface area contributed by atoms with E-state index in [4.69, 9.17) is 4.74 Å². The standard InChI is InChI=1S/C27H28F2N4O4/c1-17-22(23(34)31-20-12-7-11-19(16-20)27(5,28)29)24(35)33(32-17)21-13-6-9-18(15-21)10-8-14-30-25(36)37-26(2,3)4/h6-7,9,11-13,15-16,22H,14H2,1-5H3,(H,30,36)(H,31,34). The van der Waals surface area contributed by atoms with Crippen molar-refractivity contribution < 1.29 is 27.9 Å². The molecular formula is C27H28F2N4O4. The largest absolute Gasteiger partial charge is 0.444 e. The highest BCUT2D eigenvalue weighted by molar-refractivity contribution is 6.28. The molecule has 3 amide bonds. The number of anilines is 2. The van der Waals surface area contributed by atoms with Crippen LogP contribution in [-0.4, -0.2) is 35.8 Å². The topological polar surface area (TPSA) is 100 Å². The highest BCUT2D eigenvalue weighted by Crippen LogP contribution is 2.29. The Kier molecular flexibility index (Phi) is 7.96. The Morgan fingerprint density at radius 3 is 2.49 bits per heavy atom. The van der Waals surface area contributed by atoms with Crippen LogP contribution in [0.3, 0.4) is 0 Å². The van der Waals surface area contributed by atoms with Gasteiger partial charge in [-0.25, -0.2) is 13.6 Å². The first-order chi connectivity index (χ1) is 17.2. The SMILES string of the molecule is CC1=NN(c2cccc(C#CCNC(=O)OC(C)(C)C)c2)C(=O)C1C(=O)Nc1cccc(C(C)(F)F)c1. The number of nitrogens with zero attached hydrogens (tertiary/aromatic N) is 2. The quantitative estimate of drug-likeness (QED) is 0.452. The van der Waals surface area contributed by atoms with Gasteiger partial charge in [-0.1, -0.05) is 30.0 Å². The molecule has 1 unspecified atom stereocenters. The Morgan fingerprint density at radius 2 is 1.81 bits per heavy atom. The molecule has 37 heavy (non-hydrogen) atoms. The van der Waals surface area contributed by atoms with Crippen molar-refractivity contribution >= 4 is 35.0 Å². The van der Waals surface area contributed by atoms with Crippen molar-refractivity contribution in [3.63, 3.8) is 0 Å². The molecule has 194 valence electrons. The fourth-order valence-corrected chi connectivity index (χ4v) is 3.43. The number of rotatable bonds is 5. The second-order valence-electron chi connectivity index (χ2n) is 9.49. The first-order valence-corrected chi connectivity index (χ1v) is 11.5. The molecule has 10 heteroatoms. The van der Waals surface area contributed by atoms with Crippen molar-refractivity contribution in [1.29, 1.82) is 0 Å². The van der Waals surface area contributed by atoms with E-state index >= 15 is 0 Å². The smallest absolute Gasteiger partial charge is 0.408 e. The molecule has 0 saturated heterocycles. The summed E-state index contributed by atoms with van der Waals surface area (Å²) in [4.78, 5) is 37.6. The number of hydrogen-bond donors (Lipinski definition) is 2. The number of amides is 3. The molecule has 1 heterocycles. The summed E-state index contributed by atoms with van der Waals surface area (Å²) in [5.74, 6) is 0.163. The van der Waals surface area contributed by atoms with Crippen LogP contribution in [0.15, 0.2) is 53.6 Å². The van der Waals surface area contributed by atoms with Crippen LogP contribution in [0.4, 0.5) is 25.0 Å². The zero-order valence-electron chi connectivity index (χ0n) is 21.2. The van der Waals surface area contributed by atoms with Gasteiger partial charge in [-0.15, -0.1) is 0 Å². The molecule has 1 atom stereocenters. The summed E-state index contributed by atoms with van der Waals surface area (Å²) in [6.07, 6.45) is -0.581. The summed E-state index contributed by atoms with van der Waals surface area (Å²) in [5.41, 5.74) is 0.510. The summed E-state index contributed by atoms with van der Waals surface area (Å²) >= 11 is 0. The Balaban J connectivity index is 1.67. The number of benzene rings is 2. The molecule has 1 aliphatic rings. The zero-order chi connectivity index (χ0) is 27.4. The van der Waals surface area contributed by atoms with Crippen LogP contribution in [0.25, 0.3) is 0 Å². The van der Waals surface area contributed by atoms with Crippen molar-refractivity contribution in [3.05, 3.63) is 59.7 Å². The monoisotopic (exact) mass is 510 g/mol. The zero-order valence-corrected chi connectivity index (χ0v) is 21.2. The predicted octanol–water partition coefficient (Wildman–Crippen LogP) is 4.65. The van der Waals surface area contributed by atoms with Gasteiger partial charge in [0, 0.05) is 23.7 Å². The summed E-state index contributed by atoms with van der Waals surface area (Å²) in [7, 11) is 0. The van der Waals surface area contributed by atoms with Crippen LogP contribution in [0, 0.1) is 17.8 Å². The summed E-state index contributed by atoms with van der Waals surface area (Å²) in [5, 5.41) is 10.4. The second-order valence-corrected chi connectivity index (χ2v) is 9.49. The first kappa shape index (κ1) is 27.3. The molecular weight excluding hydrogens is 482 g/mol. The third-order valence-electron chi connectivity index (χ3n) is 5.07. The van der Waals surface area contributed by atoms with Gasteiger partial charge in [-0.05, 0) is 58.0 Å². The molecule has 8 nitrogen and oxygen atoms in total. The Morgan fingerprint density at radius 1 is 1.11 bits per heavy atom. The van der Waals surface area contributed by atoms with E-state index in [1.54, 1.807) is 52.0 Å². The molecule has 1 aliphatic heterocycles. The van der Waals surface area contributed by atoms with E-state index in [0.29, 0.717) is 11.3 Å². The maximum Gasteiger partial charge on any atom is 0.408 e. The van der Waals surface area contributed by atoms with Crippen LogP contribution in [-0.2, 0) is 20.2 Å². The molecule has 2 N–H and O–H groups in total. The lowest BCUT2D eigenvalue weighted by molar-refractivity contribution is -0.127. The van der Waals surface area contributed by atoms with Crippen LogP contribution in [0.2, 0.25) is 0 Å². The highest BCUT2D eigenvalue weighted by atomic mass is 19.3. The average molecular weight is 511 g/mol. The van der Waals surface area contributed by atoms with E-state index in [2.05, 4.69) is 27.6 Å². The number of alkyl carbamates (subject to hydrolysis) is 1. The number of carbonyl (C=O) groups excluding carboxylic acids is 3. The van der Waals surface area contributed by atoms with Gasteiger partial charge in [0.05, 0.1) is 17.9 Å². The number of hydrogen-bond acceptors (Lipinski definition) is 5. The van der Waals surface area contributed by atoms with Crippen molar-refractivity contribution in [2.24, 2.45) is 11.0 Å². The van der Waals surface area contributed by atoms with Gasteiger partial charge < -0.3 is 15.4 Å². The summed E-state index contributed by atoms with van der Waals surface area (Å²) in [6.45, 7) is 7.64. The van der Waals surface area contributed by atoms with Crippen molar-refractivity contribution in [1.82, 2.24) is 5.32 Å². The van der Waals surface area contributed by atoms with Crippen molar-refractivity contribution in [2.75, 3.05) is 16.9 Å². The number of nitrogens with one attached hydrogen (secondary N) is 2. The second kappa shape index (κ2) is 10.8. The van der Waals surface area contributed by atoms with Crippen LogP contribution in [0.5, 0.6) is 0 Å². The lowest BCUT2D eigenvalue weighted by Crippen LogP contribution is -2.36. The minimum atomic E-state index is -3.07. The van der Waals surface area contributed by atoms with Gasteiger partial charge in [0.15, 0.2) is 5.92 Å². The van der Waals surface area contributed by atoms with E-state index < -0.39 is 35.3 Å². The van der Waals surface area contributed by atoms with Crippen molar-refractivity contribution in [3.8, 4) is 11.8 Å². The number of hydrazone groups is 1. The maximum atomic E-state index is 13.6. The number of carbonyl (C=O) groups is 3. The average Bonchev–Trinajstić information content (AvgIpc) is 3.09. The number of halogens is 2.